The molecule has 0 radical (unpaired) electrons. The molecule has 4 N–H and O–H groups in total. The van der Waals surface area contributed by atoms with E-state index in [2.05, 4.69) is 4.84 Å². The van der Waals surface area contributed by atoms with E-state index in [1.165, 1.54) is 6.92 Å². The Balaban J connectivity index is 0. The molecule has 0 rings (SSSR count). The van der Waals surface area contributed by atoms with Crippen molar-refractivity contribution in [1.82, 2.24) is 11.6 Å². The maximum absolute atomic E-state index is 10.9. The van der Waals surface area contributed by atoms with Gasteiger partial charge >= 0.3 is 5.97 Å². The van der Waals surface area contributed by atoms with Gasteiger partial charge < -0.3 is 11.0 Å². The highest BCUT2D eigenvalue weighted by Gasteiger charge is 2.22. The van der Waals surface area contributed by atoms with Crippen molar-refractivity contribution >= 4 is 18.2 Å². The summed E-state index contributed by atoms with van der Waals surface area (Å²) in [7, 11) is 0. The summed E-state index contributed by atoms with van der Waals surface area (Å²) in [5.41, 5.74) is 1.74. The molecule has 76 valence electrons. The van der Waals surface area contributed by atoms with E-state index in [1.807, 2.05) is 0 Å². The molecule has 0 aromatic carbocycles. The summed E-state index contributed by atoms with van der Waals surface area (Å²) >= 11 is 0. The normalized spacial score (nSPS) is 10.6. The van der Waals surface area contributed by atoms with Crippen molar-refractivity contribution < 1.29 is 19.2 Å². The Morgan fingerprint density at radius 1 is 1.54 bits per heavy atom. The van der Waals surface area contributed by atoms with E-state index >= 15 is 0 Å². The molecule has 0 bridgehead atoms. The lowest BCUT2D eigenvalue weighted by molar-refractivity contribution is -0.160. The van der Waals surface area contributed by atoms with Crippen LogP contribution in [0.3, 0.4) is 0 Å². The molecule has 6 heteroatoms. The van der Waals surface area contributed by atoms with Gasteiger partial charge in [0.25, 0.3) is 0 Å². The van der Waals surface area contributed by atoms with Gasteiger partial charge in [-0.05, 0) is 13.3 Å². The highest BCUT2D eigenvalue weighted by atomic mass is 16.7. The number of Topliss-reactive ketones (excluding diaryl/α,β-unsaturated/α-hetero) is 1. The SMILES string of the molecule is CCC(C(C)=O)C(=O)ONC=O.N. The minimum Gasteiger partial charge on any atom is -0.344 e. The highest BCUT2D eigenvalue weighted by molar-refractivity contribution is 5.97. The molecule has 0 aromatic rings. The fourth-order valence-corrected chi connectivity index (χ4v) is 0.773. The standard InChI is InChI=1S/C7H11NO4.H3N/c1-3-6(5(2)10)7(11)12-8-4-9;/h4,6H,3H2,1-2H3,(H,8,9);1H3. The van der Waals surface area contributed by atoms with E-state index in [1.54, 1.807) is 12.4 Å². The number of carbonyl (C=O) groups is 3. The monoisotopic (exact) mass is 190 g/mol. The van der Waals surface area contributed by atoms with Crippen LogP contribution in [0.1, 0.15) is 20.3 Å². The van der Waals surface area contributed by atoms with Gasteiger partial charge in [-0.3, -0.25) is 9.59 Å². The summed E-state index contributed by atoms with van der Waals surface area (Å²) in [6.07, 6.45) is 0.597. The number of hydroxylamine groups is 1. The first-order chi connectivity index (χ1) is 5.63. The first-order valence-electron chi connectivity index (χ1n) is 3.53. The molecular formula is C7H14N2O4. The molecule has 0 aliphatic rings. The molecule has 0 fully saturated rings. The smallest absolute Gasteiger partial charge is 0.342 e. The number of nitrogens with one attached hydrogen (secondary N) is 1. The molecular weight excluding hydrogens is 176 g/mol. The molecule has 1 amide bonds. The van der Waals surface area contributed by atoms with Gasteiger partial charge in [-0.15, -0.1) is 0 Å². The summed E-state index contributed by atoms with van der Waals surface area (Å²) in [6, 6.07) is 0. The van der Waals surface area contributed by atoms with Crippen LogP contribution < -0.4 is 11.6 Å². The van der Waals surface area contributed by atoms with E-state index in [-0.39, 0.29) is 18.3 Å². The third kappa shape index (κ3) is 4.91. The van der Waals surface area contributed by atoms with E-state index < -0.39 is 11.9 Å². The lowest BCUT2D eigenvalue weighted by atomic mass is 10.0. The zero-order chi connectivity index (χ0) is 9.56. The molecule has 6 nitrogen and oxygen atoms in total. The van der Waals surface area contributed by atoms with Gasteiger partial charge in [0, 0.05) is 0 Å². The van der Waals surface area contributed by atoms with Crippen LogP contribution >= 0.6 is 0 Å². The first kappa shape index (κ1) is 14.1. The quantitative estimate of drug-likeness (QED) is 0.359. The highest BCUT2D eigenvalue weighted by Crippen LogP contribution is 2.05. The van der Waals surface area contributed by atoms with Crippen molar-refractivity contribution in [1.29, 1.82) is 0 Å². The van der Waals surface area contributed by atoms with Crippen LogP contribution in [-0.2, 0) is 19.2 Å². The van der Waals surface area contributed by atoms with Crippen molar-refractivity contribution in [3.63, 3.8) is 0 Å². The summed E-state index contributed by atoms with van der Waals surface area (Å²) in [5.74, 6) is -1.77. The van der Waals surface area contributed by atoms with Crippen LogP contribution in [0.15, 0.2) is 0 Å². The molecule has 13 heavy (non-hydrogen) atoms. The first-order valence-corrected chi connectivity index (χ1v) is 3.53. The lowest BCUT2D eigenvalue weighted by Gasteiger charge is -2.07. The number of ketones is 1. The Labute approximate surface area is 76.2 Å². The average Bonchev–Trinajstić information content (AvgIpc) is 2.01. The van der Waals surface area contributed by atoms with Crippen molar-refractivity contribution in [2.75, 3.05) is 0 Å². The van der Waals surface area contributed by atoms with Gasteiger partial charge in [-0.1, -0.05) is 6.92 Å². The van der Waals surface area contributed by atoms with Crippen molar-refractivity contribution in [3.8, 4) is 0 Å². The third-order valence-corrected chi connectivity index (χ3v) is 1.39. The molecule has 0 heterocycles. The molecule has 0 spiro atoms. The lowest BCUT2D eigenvalue weighted by Crippen LogP contribution is -2.28. The van der Waals surface area contributed by atoms with Gasteiger partial charge in [-0.25, -0.2) is 4.79 Å². The van der Waals surface area contributed by atoms with E-state index in [0.717, 1.165) is 0 Å². The number of rotatable bonds is 5. The van der Waals surface area contributed by atoms with Crippen molar-refractivity contribution in [2.24, 2.45) is 5.92 Å². The molecule has 0 aliphatic carbocycles. The van der Waals surface area contributed by atoms with Crippen LogP contribution in [0.5, 0.6) is 0 Å². The second-order valence-corrected chi connectivity index (χ2v) is 2.23. The molecule has 1 atom stereocenters. The maximum Gasteiger partial charge on any atom is 0.342 e. The number of hydrogen-bond acceptors (Lipinski definition) is 5. The van der Waals surface area contributed by atoms with Crippen LogP contribution in [0.25, 0.3) is 0 Å². The Hall–Kier alpha value is -1.43. The van der Waals surface area contributed by atoms with Crippen LogP contribution in [0, 0.1) is 5.92 Å². The van der Waals surface area contributed by atoms with Crippen molar-refractivity contribution in [3.05, 3.63) is 0 Å². The zero-order valence-electron chi connectivity index (χ0n) is 7.70. The van der Waals surface area contributed by atoms with Gasteiger partial charge in [0.05, 0.1) is 0 Å². The number of carbonyl (C=O) groups excluding carboxylic acids is 3. The minimum atomic E-state index is -0.780. The van der Waals surface area contributed by atoms with E-state index in [0.29, 0.717) is 6.42 Å². The fourth-order valence-electron chi connectivity index (χ4n) is 0.773. The summed E-state index contributed by atoms with van der Waals surface area (Å²) in [4.78, 5) is 35.6. The molecule has 0 aromatic heterocycles. The Morgan fingerprint density at radius 2 is 2.08 bits per heavy atom. The Morgan fingerprint density at radius 3 is 2.38 bits per heavy atom. The van der Waals surface area contributed by atoms with Crippen molar-refractivity contribution in [2.45, 2.75) is 20.3 Å². The second-order valence-electron chi connectivity index (χ2n) is 2.23. The van der Waals surface area contributed by atoms with Crippen LogP contribution in [0.2, 0.25) is 0 Å². The van der Waals surface area contributed by atoms with Gasteiger partial charge in [0.15, 0.2) is 0 Å². The number of hydrogen-bond donors (Lipinski definition) is 2. The topological polar surface area (TPSA) is 107 Å². The van der Waals surface area contributed by atoms with Gasteiger partial charge in [-0.2, -0.15) is 5.48 Å². The number of amides is 1. The maximum atomic E-state index is 10.9. The Kier molecular flexibility index (Phi) is 7.85. The van der Waals surface area contributed by atoms with E-state index in [4.69, 9.17) is 0 Å². The van der Waals surface area contributed by atoms with Gasteiger partial charge in [0.1, 0.15) is 11.7 Å². The molecule has 0 saturated carbocycles. The molecule has 0 aliphatic heterocycles. The second kappa shape index (κ2) is 7.23. The Bertz CT molecular complexity index is 193. The largest absolute Gasteiger partial charge is 0.344 e. The van der Waals surface area contributed by atoms with Gasteiger partial charge in [0.2, 0.25) is 6.41 Å². The summed E-state index contributed by atoms with van der Waals surface area (Å²) < 4.78 is 0. The van der Waals surface area contributed by atoms with E-state index in [9.17, 15) is 14.4 Å². The minimum absolute atomic E-state index is 0. The molecule has 0 saturated heterocycles. The van der Waals surface area contributed by atoms with Crippen LogP contribution in [-0.4, -0.2) is 18.2 Å². The predicted octanol–water partition coefficient (Wildman–Crippen LogP) is -0.0322. The summed E-state index contributed by atoms with van der Waals surface area (Å²) in [6.45, 7) is 2.99. The van der Waals surface area contributed by atoms with Crippen LogP contribution in [0.4, 0.5) is 0 Å². The fraction of sp³-hybridized carbons (Fsp3) is 0.571. The third-order valence-electron chi connectivity index (χ3n) is 1.39. The average molecular weight is 190 g/mol. The summed E-state index contributed by atoms with van der Waals surface area (Å²) in [5, 5.41) is 0. The predicted molar refractivity (Wildman–Crippen MR) is 44.8 cm³/mol. The zero-order valence-corrected chi connectivity index (χ0v) is 7.70. The molecule has 1 unspecified atom stereocenters.